The Kier molecular flexibility index (Phi) is 1.99. The van der Waals surface area contributed by atoms with E-state index in [4.69, 9.17) is 0 Å². The summed E-state index contributed by atoms with van der Waals surface area (Å²) in [5.74, 6) is 0.0849. The van der Waals surface area contributed by atoms with Crippen LogP contribution in [0, 0.1) is 0 Å². The summed E-state index contributed by atoms with van der Waals surface area (Å²) in [6.45, 7) is 0. The van der Waals surface area contributed by atoms with E-state index < -0.39 is 0 Å². The van der Waals surface area contributed by atoms with E-state index in [1.54, 1.807) is 12.4 Å². The van der Waals surface area contributed by atoms with Crippen LogP contribution in [0.25, 0.3) is 16.6 Å². The number of nitrogens with zero attached hydrogens (tertiary/aromatic N) is 1. The van der Waals surface area contributed by atoms with Gasteiger partial charge < -0.3 is 10.3 Å². The van der Waals surface area contributed by atoms with Crippen LogP contribution in [0.3, 0.4) is 0 Å². The lowest BCUT2D eigenvalue weighted by Crippen LogP contribution is -2.21. The average Bonchev–Trinajstić information content (AvgIpc) is 2.74. The molecule has 4 nitrogen and oxygen atoms in total. The summed E-state index contributed by atoms with van der Waals surface area (Å²) >= 11 is 0. The molecule has 2 aromatic rings. The summed E-state index contributed by atoms with van der Waals surface area (Å²) in [4.78, 5) is 18.4. The van der Waals surface area contributed by atoms with Crippen molar-refractivity contribution in [3.63, 3.8) is 0 Å². The molecule has 0 bridgehead atoms. The number of nitrogens with one attached hydrogen (secondary N) is 2. The van der Waals surface area contributed by atoms with Gasteiger partial charge >= 0.3 is 0 Å². The zero-order valence-electron chi connectivity index (χ0n) is 8.66. The smallest absolute Gasteiger partial charge is 0.224 e. The Bertz CT molecular complexity index is 583. The number of amides is 1. The summed E-state index contributed by atoms with van der Waals surface area (Å²) in [5, 5.41) is 3.85. The number of aromatic nitrogens is 2. The second-order valence-corrected chi connectivity index (χ2v) is 3.84. The quantitative estimate of drug-likeness (QED) is 0.759. The van der Waals surface area contributed by atoms with E-state index in [9.17, 15) is 4.79 Å². The first-order valence-electron chi connectivity index (χ1n) is 5.25. The number of carbonyl (C=O) groups excluding carboxylic acids is 1. The summed E-state index contributed by atoms with van der Waals surface area (Å²) in [6.07, 6.45) is 6.84. The highest BCUT2D eigenvalue weighted by Gasteiger charge is 2.14. The highest BCUT2D eigenvalue weighted by molar-refractivity contribution is 5.93. The van der Waals surface area contributed by atoms with Crippen molar-refractivity contribution >= 4 is 22.5 Å². The van der Waals surface area contributed by atoms with Crippen LogP contribution < -0.4 is 5.32 Å². The molecule has 1 aliphatic rings. The van der Waals surface area contributed by atoms with Crippen molar-refractivity contribution in [3.8, 4) is 0 Å². The van der Waals surface area contributed by atoms with Gasteiger partial charge in [-0.05, 0) is 24.1 Å². The lowest BCUT2D eigenvalue weighted by Gasteiger charge is -2.12. The van der Waals surface area contributed by atoms with Gasteiger partial charge in [0.2, 0.25) is 5.91 Å². The Morgan fingerprint density at radius 3 is 3.06 bits per heavy atom. The van der Waals surface area contributed by atoms with Crippen LogP contribution in [0.4, 0.5) is 0 Å². The molecule has 0 fully saturated rings. The minimum atomic E-state index is 0.0849. The van der Waals surface area contributed by atoms with Crippen molar-refractivity contribution in [1.29, 1.82) is 0 Å². The summed E-state index contributed by atoms with van der Waals surface area (Å²) in [6, 6.07) is 3.95. The van der Waals surface area contributed by atoms with E-state index >= 15 is 0 Å². The lowest BCUT2D eigenvalue weighted by atomic mass is 10.00. The second-order valence-electron chi connectivity index (χ2n) is 3.84. The zero-order chi connectivity index (χ0) is 11.0. The van der Waals surface area contributed by atoms with Crippen LogP contribution in [0.15, 0.2) is 30.7 Å². The Hall–Kier alpha value is -2.10. The van der Waals surface area contributed by atoms with E-state index in [1.165, 1.54) is 0 Å². The third-order valence-corrected chi connectivity index (χ3v) is 2.83. The molecule has 2 aromatic heterocycles. The molecule has 1 amide bonds. The third-order valence-electron chi connectivity index (χ3n) is 2.83. The molecule has 0 saturated carbocycles. The molecule has 1 aliphatic heterocycles. The maximum Gasteiger partial charge on any atom is 0.224 e. The van der Waals surface area contributed by atoms with E-state index in [0.29, 0.717) is 6.42 Å². The fraction of sp³-hybridized carbons (Fsp3) is 0.167. The molecule has 0 aliphatic carbocycles. The zero-order valence-corrected chi connectivity index (χ0v) is 8.66. The molecule has 0 spiro atoms. The first-order chi connectivity index (χ1) is 7.84. The first-order valence-corrected chi connectivity index (χ1v) is 5.25. The largest absolute Gasteiger partial charge is 0.346 e. The lowest BCUT2D eigenvalue weighted by molar-refractivity contribution is -0.120. The van der Waals surface area contributed by atoms with Gasteiger partial charge in [0.05, 0.1) is 0 Å². The van der Waals surface area contributed by atoms with Crippen LogP contribution in [0.2, 0.25) is 0 Å². The van der Waals surface area contributed by atoms with Crippen LogP contribution in [0.5, 0.6) is 0 Å². The second kappa shape index (κ2) is 3.48. The van der Waals surface area contributed by atoms with Crippen LogP contribution in [-0.2, 0) is 4.79 Å². The molecule has 16 heavy (non-hydrogen) atoms. The fourth-order valence-corrected chi connectivity index (χ4v) is 1.99. The Morgan fingerprint density at radius 2 is 2.25 bits per heavy atom. The number of aromatic amines is 1. The first kappa shape index (κ1) is 9.15. The summed E-state index contributed by atoms with van der Waals surface area (Å²) in [7, 11) is 0. The van der Waals surface area contributed by atoms with Gasteiger partial charge in [0, 0.05) is 36.0 Å². The monoisotopic (exact) mass is 213 g/mol. The number of hydrogen-bond donors (Lipinski definition) is 2. The maximum atomic E-state index is 11.1. The minimum absolute atomic E-state index is 0.0849. The molecule has 0 radical (unpaired) electrons. The number of allylic oxidation sites excluding steroid dienone is 1. The standard InChI is InChI=1S/C12H11N3O/c16-11-4-3-8(6-14-11)10-7-15-12-9(10)2-1-5-13-12/h1-2,5-7H,3-4H2,(H,13,15)(H,14,16). The molecule has 0 aromatic carbocycles. The minimum Gasteiger partial charge on any atom is -0.346 e. The van der Waals surface area contributed by atoms with E-state index in [-0.39, 0.29) is 5.91 Å². The molecular formula is C12H11N3O. The van der Waals surface area contributed by atoms with Crippen molar-refractivity contribution in [2.45, 2.75) is 12.8 Å². The van der Waals surface area contributed by atoms with Gasteiger partial charge in [-0.25, -0.2) is 4.98 Å². The molecule has 2 N–H and O–H groups in total. The van der Waals surface area contributed by atoms with Gasteiger partial charge in [0.25, 0.3) is 0 Å². The van der Waals surface area contributed by atoms with E-state index in [2.05, 4.69) is 15.3 Å². The van der Waals surface area contributed by atoms with E-state index in [0.717, 1.165) is 28.6 Å². The van der Waals surface area contributed by atoms with Crippen molar-refractivity contribution in [2.75, 3.05) is 0 Å². The molecule has 80 valence electrons. The topological polar surface area (TPSA) is 57.8 Å². The Balaban J connectivity index is 2.09. The maximum absolute atomic E-state index is 11.1. The molecule has 0 unspecified atom stereocenters. The normalized spacial score (nSPS) is 16.0. The highest BCUT2D eigenvalue weighted by Crippen LogP contribution is 2.27. The van der Waals surface area contributed by atoms with Gasteiger partial charge in [-0.1, -0.05) is 0 Å². The van der Waals surface area contributed by atoms with Crippen LogP contribution in [-0.4, -0.2) is 15.9 Å². The van der Waals surface area contributed by atoms with Gasteiger partial charge in [-0.2, -0.15) is 0 Å². The highest BCUT2D eigenvalue weighted by atomic mass is 16.1. The van der Waals surface area contributed by atoms with Crippen molar-refractivity contribution in [2.24, 2.45) is 0 Å². The predicted molar refractivity (Wildman–Crippen MR) is 61.4 cm³/mol. The summed E-state index contributed by atoms with van der Waals surface area (Å²) in [5.41, 5.74) is 3.16. The van der Waals surface area contributed by atoms with E-state index in [1.807, 2.05) is 18.3 Å². The molecule has 3 heterocycles. The average molecular weight is 213 g/mol. The number of H-pyrrole nitrogens is 1. The number of carbonyl (C=O) groups is 1. The van der Waals surface area contributed by atoms with Crippen molar-refractivity contribution in [3.05, 3.63) is 36.3 Å². The Morgan fingerprint density at radius 1 is 1.31 bits per heavy atom. The van der Waals surface area contributed by atoms with Crippen LogP contribution >= 0.6 is 0 Å². The predicted octanol–water partition coefficient (Wildman–Crippen LogP) is 1.81. The SMILES string of the molecule is O=C1CCC(c2c[nH]c3ncccc23)=CN1. The summed E-state index contributed by atoms with van der Waals surface area (Å²) < 4.78 is 0. The molecule has 3 rings (SSSR count). The van der Waals surface area contributed by atoms with Crippen LogP contribution in [0.1, 0.15) is 18.4 Å². The molecule has 0 saturated heterocycles. The molecule has 4 heteroatoms. The van der Waals surface area contributed by atoms with Crippen molar-refractivity contribution in [1.82, 2.24) is 15.3 Å². The third kappa shape index (κ3) is 1.39. The molecular weight excluding hydrogens is 202 g/mol. The van der Waals surface area contributed by atoms with Gasteiger partial charge in [0.1, 0.15) is 5.65 Å². The van der Waals surface area contributed by atoms with Gasteiger partial charge in [-0.3, -0.25) is 4.79 Å². The Labute approximate surface area is 92.4 Å². The number of fused-ring (bicyclic) bond motifs is 1. The van der Waals surface area contributed by atoms with Gasteiger partial charge in [0.15, 0.2) is 0 Å². The van der Waals surface area contributed by atoms with Gasteiger partial charge in [-0.15, -0.1) is 0 Å². The number of hydrogen-bond acceptors (Lipinski definition) is 2. The fourth-order valence-electron chi connectivity index (χ4n) is 1.99. The molecule has 0 atom stereocenters. The number of rotatable bonds is 1. The van der Waals surface area contributed by atoms with Crippen molar-refractivity contribution < 1.29 is 4.79 Å². The number of pyridine rings is 1.